The number of rotatable bonds is 6. The standard InChI is InChI=1S/C14H26N4/c1-2-18-12-8-16-14(18)13-15-7-11-17-9-5-3-4-6-10-17/h8,12,15H,2-7,9-11,13H2,1H3. The van der Waals surface area contributed by atoms with E-state index in [1.165, 1.54) is 45.3 Å². The SMILES string of the molecule is CCn1ccnc1CNCCN1CCCCCC1. The Balaban J connectivity index is 1.63. The first-order valence-corrected chi connectivity index (χ1v) is 7.33. The molecule has 0 amide bonds. The molecule has 1 aromatic heterocycles. The van der Waals surface area contributed by atoms with Crippen LogP contribution in [0.2, 0.25) is 0 Å². The van der Waals surface area contributed by atoms with Crippen molar-refractivity contribution in [1.82, 2.24) is 19.8 Å². The molecule has 0 atom stereocenters. The third-order valence-corrected chi connectivity index (χ3v) is 3.73. The van der Waals surface area contributed by atoms with E-state index in [2.05, 4.69) is 26.7 Å². The molecule has 2 rings (SSSR count). The third-order valence-electron chi connectivity index (χ3n) is 3.73. The fraction of sp³-hybridized carbons (Fsp3) is 0.786. The van der Waals surface area contributed by atoms with Gasteiger partial charge in [0.2, 0.25) is 0 Å². The Labute approximate surface area is 110 Å². The maximum Gasteiger partial charge on any atom is 0.122 e. The molecule has 4 heteroatoms. The number of likely N-dealkylation sites (tertiary alicyclic amines) is 1. The summed E-state index contributed by atoms with van der Waals surface area (Å²) in [5.41, 5.74) is 0. The molecular formula is C14H26N4. The smallest absolute Gasteiger partial charge is 0.122 e. The van der Waals surface area contributed by atoms with E-state index >= 15 is 0 Å². The number of aryl methyl sites for hydroxylation is 1. The summed E-state index contributed by atoms with van der Waals surface area (Å²) in [4.78, 5) is 6.96. The molecule has 0 unspecified atom stereocenters. The van der Waals surface area contributed by atoms with Crippen molar-refractivity contribution in [3.63, 3.8) is 0 Å². The van der Waals surface area contributed by atoms with Gasteiger partial charge in [0.25, 0.3) is 0 Å². The quantitative estimate of drug-likeness (QED) is 0.782. The molecule has 1 aliphatic rings. The van der Waals surface area contributed by atoms with E-state index < -0.39 is 0 Å². The summed E-state index contributed by atoms with van der Waals surface area (Å²) in [7, 11) is 0. The van der Waals surface area contributed by atoms with Gasteiger partial charge in [-0.2, -0.15) is 0 Å². The molecule has 1 saturated heterocycles. The highest BCUT2D eigenvalue weighted by Crippen LogP contribution is 2.08. The lowest BCUT2D eigenvalue weighted by atomic mass is 10.2. The third kappa shape index (κ3) is 4.10. The fourth-order valence-corrected chi connectivity index (χ4v) is 2.59. The van der Waals surface area contributed by atoms with E-state index in [4.69, 9.17) is 0 Å². The molecule has 0 aromatic carbocycles. The molecule has 18 heavy (non-hydrogen) atoms. The normalized spacial score (nSPS) is 17.8. The second-order valence-corrected chi connectivity index (χ2v) is 5.06. The Hall–Kier alpha value is -0.870. The van der Waals surface area contributed by atoms with Crippen molar-refractivity contribution in [2.24, 2.45) is 0 Å². The highest BCUT2D eigenvalue weighted by molar-refractivity contribution is 4.91. The second-order valence-electron chi connectivity index (χ2n) is 5.06. The Bertz CT molecular complexity index is 326. The Kier molecular flexibility index (Phi) is 5.68. The lowest BCUT2D eigenvalue weighted by molar-refractivity contribution is 0.283. The molecule has 1 fully saturated rings. The highest BCUT2D eigenvalue weighted by Gasteiger charge is 2.08. The zero-order valence-electron chi connectivity index (χ0n) is 11.6. The predicted molar refractivity (Wildman–Crippen MR) is 74.5 cm³/mol. The van der Waals surface area contributed by atoms with Crippen LogP contribution in [0.4, 0.5) is 0 Å². The van der Waals surface area contributed by atoms with Crippen LogP contribution in [0.15, 0.2) is 12.4 Å². The van der Waals surface area contributed by atoms with Crippen LogP contribution in [-0.4, -0.2) is 40.6 Å². The molecule has 1 N–H and O–H groups in total. The highest BCUT2D eigenvalue weighted by atomic mass is 15.1. The Morgan fingerprint density at radius 3 is 2.72 bits per heavy atom. The van der Waals surface area contributed by atoms with Crippen LogP contribution in [0, 0.1) is 0 Å². The van der Waals surface area contributed by atoms with Crippen LogP contribution in [0.3, 0.4) is 0 Å². The molecular weight excluding hydrogens is 224 g/mol. The first-order valence-electron chi connectivity index (χ1n) is 7.33. The first-order chi connectivity index (χ1) is 8.90. The number of hydrogen-bond donors (Lipinski definition) is 1. The van der Waals surface area contributed by atoms with Crippen LogP contribution in [0.1, 0.15) is 38.4 Å². The average molecular weight is 250 g/mol. The van der Waals surface area contributed by atoms with Crippen molar-refractivity contribution in [2.45, 2.75) is 45.7 Å². The number of nitrogens with one attached hydrogen (secondary N) is 1. The molecule has 2 heterocycles. The van der Waals surface area contributed by atoms with Crippen LogP contribution in [-0.2, 0) is 13.1 Å². The minimum absolute atomic E-state index is 0.884. The predicted octanol–water partition coefficient (Wildman–Crippen LogP) is 1.87. The van der Waals surface area contributed by atoms with Crippen molar-refractivity contribution < 1.29 is 0 Å². The minimum Gasteiger partial charge on any atom is -0.334 e. The van der Waals surface area contributed by atoms with E-state index in [-0.39, 0.29) is 0 Å². The van der Waals surface area contributed by atoms with E-state index in [1.807, 2.05) is 12.4 Å². The molecule has 0 bridgehead atoms. The first kappa shape index (κ1) is 13.6. The fourth-order valence-electron chi connectivity index (χ4n) is 2.59. The van der Waals surface area contributed by atoms with Crippen LogP contribution in [0.25, 0.3) is 0 Å². The maximum atomic E-state index is 4.37. The topological polar surface area (TPSA) is 33.1 Å². The summed E-state index contributed by atoms with van der Waals surface area (Å²) >= 11 is 0. The van der Waals surface area contributed by atoms with E-state index in [0.717, 1.165) is 25.5 Å². The van der Waals surface area contributed by atoms with Crippen molar-refractivity contribution in [2.75, 3.05) is 26.2 Å². The average Bonchev–Trinajstić information content (AvgIpc) is 2.69. The van der Waals surface area contributed by atoms with Crippen LogP contribution < -0.4 is 5.32 Å². The molecule has 0 spiro atoms. The monoisotopic (exact) mass is 250 g/mol. The molecule has 0 saturated carbocycles. The van der Waals surface area contributed by atoms with Gasteiger partial charge in [0.1, 0.15) is 5.82 Å². The zero-order chi connectivity index (χ0) is 12.6. The van der Waals surface area contributed by atoms with Gasteiger partial charge in [0, 0.05) is 32.0 Å². The van der Waals surface area contributed by atoms with Crippen molar-refractivity contribution >= 4 is 0 Å². The van der Waals surface area contributed by atoms with Gasteiger partial charge in [-0.05, 0) is 32.9 Å². The Morgan fingerprint density at radius 1 is 1.22 bits per heavy atom. The van der Waals surface area contributed by atoms with Gasteiger partial charge >= 0.3 is 0 Å². The molecule has 4 nitrogen and oxygen atoms in total. The summed E-state index contributed by atoms with van der Waals surface area (Å²) in [6.07, 6.45) is 9.51. The molecule has 0 aliphatic carbocycles. The molecule has 102 valence electrons. The Morgan fingerprint density at radius 2 is 2.00 bits per heavy atom. The summed E-state index contributed by atoms with van der Waals surface area (Å²) in [6, 6.07) is 0. The summed E-state index contributed by atoms with van der Waals surface area (Å²) in [5, 5.41) is 3.51. The van der Waals surface area contributed by atoms with E-state index in [1.54, 1.807) is 0 Å². The van der Waals surface area contributed by atoms with Crippen molar-refractivity contribution in [3.8, 4) is 0 Å². The molecule has 1 aliphatic heterocycles. The molecule has 1 aromatic rings. The van der Waals surface area contributed by atoms with E-state index in [0.29, 0.717) is 0 Å². The lowest BCUT2D eigenvalue weighted by Gasteiger charge is -2.19. The van der Waals surface area contributed by atoms with Crippen LogP contribution in [0.5, 0.6) is 0 Å². The van der Waals surface area contributed by atoms with E-state index in [9.17, 15) is 0 Å². The number of nitrogens with zero attached hydrogens (tertiary/aromatic N) is 3. The lowest BCUT2D eigenvalue weighted by Crippen LogP contribution is -2.33. The summed E-state index contributed by atoms with van der Waals surface area (Å²) < 4.78 is 2.19. The van der Waals surface area contributed by atoms with Crippen LogP contribution >= 0.6 is 0 Å². The summed E-state index contributed by atoms with van der Waals surface area (Å²) in [5.74, 6) is 1.15. The minimum atomic E-state index is 0.884. The number of imidazole rings is 1. The number of hydrogen-bond acceptors (Lipinski definition) is 3. The largest absolute Gasteiger partial charge is 0.334 e. The second kappa shape index (κ2) is 7.54. The van der Waals surface area contributed by atoms with Gasteiger partial charge in [-0.15, -0.1) is 0 Å². The van der Waals surface area contributed by atoms with Gasteiger partial charge < -0.3 is 14.8 Å². The number of aromatic nitrogens is 2. The maximum absolute atomic E-state index is 4.37. The van der Waals surface area contributed by atoms with Crippen molar-refractivity contribution in [3.05, 3.63) is 18.2 Å². The molecule has 0 radical (unpaired) electrons. The van der Waals surface area contributed by atoms with Gasteiger partial charge in [-0.3, -0.25) is 0 Å². The van der Waals surface area contributed by atoms with Gasteiger partial charge in [0.15, 0.2) is 0 Å². The summed E-state index contributed by atoms with van der Waals surface area (Å²) in [6.45, 7) is 8.85. The van der Waals surface area contributed by atoms with Gasteiger partial charge in [-0.25, -0.2) is 4.98 Å². The van der Waals surface area contributed by atoms with Crippen molar-refractivity contribution in [1.29, 1.82) is 0 Å². The van der Waals surface area contributed by atoms with Gasteiger partial charge in [0.05, 0.1) is 6.54 Å². The van der Waals surface area contributed by atoms with Gasteiger partial charge in [-0.1, -0.05) is 12.8 Å². The zero-order valence-corrected chi connectivity index (χ0v) is 11.6.